The van der Waals surface area contributed by atoms with E-state index in [1.807, 2.05) is 12.1 Å². The molecule has 5 nitrogen and oxygen atoms in total. The van der Waals surface area contributed by atoms with Gasteiger partial charge in [-0.15, -0.1) is 0 Å². The number of hydrazine groups is 1. The van der Waals surface area contributed by atoms with E-state index in [-0.39, 0.29) is 0 Å². The van der Waals surface area contributed by atoms with Crippen LogP contribution in [0.1, 0.15) is 25.7 Å². The third-order valence-electron chi connectivity index (χ3n) is 4.36. The first-order valence-corrected chi connectivity index (χ1v) is 7.29. The van der Waals surface area contributed by atoms with Gasteiger partial charge in [-0.1, -0.05) is 18.9 Å². The van der Waals surface area contributed by atoms with Gasteiger partial charge in [0.25, 0.3) is 0 Å². The number of nitrogens with one attached hydrogen (secondary N) is 1. The number of aromatic nitrogens is 1. The van der Waals surface area contributed by atoms with E-state index in [0.717, 1.165) is 43.9 Å². The van der Waals surface area contributed by atoms with Gasteiger partial charge in [0.1, 0.15) is 11.6 Å². The lowest BCUT2D eigenvalue weighted by Crippen LogP contribution is -2.50. The highest BCUT2D eigenvalue weighted by Gasteiger charge is 2.26. The van der Waals surface area contributed by atoms with Crippen LogP contribution < -0.4 is 16.2 Å². The SMILES string of the molecule is NNc1cccc(N2CCN(C3CCCC3)CC2)n1. The number of nitrogen functional groups attached to an aromatic ring is 1. The smallest absolute Gasteiger partial charge is 0.142 e. The Bertz CT molecular complexity index is 408. The third kappa shape index (κ3) is 2.82. The Hall–Kier alpha value is -1.33. The van der Waals surface area contributed by atoms with Crippen molar-refractivity contribution < 1.29 is 0 Å². The van der Waals surface area contributed by atoms with E-state index in [1.165, 1.54) is 25.7 Å². The molecule has 0 radical (unpaired) electrons. The van der Waals surface area contributed by atoms with Crippen LogP contribution in [0.5, 0.6) is 0 Å². The molecule has 3 rings (SSSR count). The molecule has 0 amide bonds. The second kappa shape index (κ2) is 5.75. The van der Waals surface area contributed by atoms with Crippen molar-refractivity contribution in [1.82, 2.24) is 9.88 Å². The Morgan fingerprint density at radius 1 is 1.11 bits per heavy atom. The molecule has 0 aromatic carbocycles. The molecule has 19 heavy (non-hydrogen) atoms. The zero-order valence-corrected chi connectivity index (χ0v) is 11.4. The second-order valence-corrected chi connectivity index (χ2v) is 5.49. The lowest BCUT2D eigenvalue weighted by Gasteiger charge is -2.38. The van der Waals surface area contributed by atoms with Gasteiger partial charge >= 0.3 is 0 Å². The molecule has 2 aliphatic rings. The molecular weight excluding hydrogens is 238 g/mol. The van der Waals surface area contributed by atoms with Gasteiger partial charge < -0.3 is 10.3 Å². The van der Waals surface area contributed by atoms with Gasteiger partial charge in [0.2, 0.25) is 0 Å². The minimum atomic E-state index is 0.732. The van der Waals surface area contributed by atoms with E-state index in [2.05, 4.69) is 26.3 Å². The molecule has 3 N–H and O–H groups in total. The fourth-order valence-electron chi connectivity index (χ4n) is 3.27. The number of nitrogens with two attached hydrogens (primary N) is 1. The van der Waals surface area contributed by atoms with Crippen LogP contribution >= 0.6 is 0 Å². The number of nitrogens with zero attached hydrogens (tertiary/aromatic N) is 3. The molecule has 2 heterocycles. The molecule has 2 fully saturated rings. The average Bonchev–Trinajstić information content (AvgIpc) is 3.02. The molecule has 0 atom stereocenters. The lowest BCUT2D eigenvalue weighted by molar-refractivity contribution is 0.187. The van der Waals surface area contributed by atoms with Crippen molar-refractivity contribution in [2.45, 2.75) is 31.7 Å². The summed E-state index contributed by atoms with van der Waals surface area (Å²) < 4.78 is 0. The topological polar surface area (TPSA) is 57.4 Å². The van der Waals surface area contributed by atoms with Crippen molar-refractivity contribution in [3.8, 4) is 0 Å². The number of hydrogen-bond acceptors (Lipinski definition) is 5. The quantitative estimate of drug-likeness (QED) is 0.637. The van der Waals surface area contributed by atoms with Crippen molar-refractivity contribution in [2.75, 3.05) is 36.5 Å². The highest BCUT2D eigenvalue weighted by molar-refractivity contribution is 5.46. The van der Waals surface area contributed by atoms with Gasteiger partial charge in [-0.2, -0.15) is 0 Å². The lowest BCUT2D eigenvalue weighted by atomic mass is 10.2. The minimum Gasteiger partial charge on any atom is -0.354 e. The fraction of sp³-hybridized carbons (Fsp3) is 0.643. The predicted octanol–water partition coefficient (Wildman–Crippen LogP) is 1.43. The van der Waals surface area contributed by atoms with Crippen LogP contribution in [0.3, 0.4) is 0 Å². The predicted molar refractivity (Wildman–Crippen MR) is 78.1 cm³/mol. The standard InChI is InChI=1S/C14H23N5/c15-17-13-6-3-7-14(16-13)19-10-8-18(9-11-19)12-4-1-2-5-12/h3,6-7,12H,1-2,4-5,8-11,15H2,(H,16,17). The first kappa shape index (κ1) is 12.7. The maximum Gasteiger partial charge on any atom is 0.142 e. The Kier molecular flexibility index (Phi) is 3.84. The highest BCUT2D eigenvalue weighted by Crippen LogP contribution is 2.25. The van der Waals surface area contributed by atoms with Gasteiger partial charge in [0, 0.05) is 32.2 Å². The van der Waals surface area contributed by atoms with Crippen LogP contribution in [-0.2, 0) is 0 Å². The second-order valence-electron chi connectivity index (χ2n) is 5.49. The van der Waals surface area contributed by atoms with Gasteiger partial charge in [0.15, 0.2) is 0 Å². The molecule has 1 aliphatic carbocycles. The molecule has 1 aromatic heterocycles. The van der Waals surface area contributed by atoms with E-state index in [1.54, 1.807) is 0 Å². The summed E-state index contributed by atoms with van der Waals surface area (Å²) in [5.74, 6) is 7.18. The Morgan fingerprint density at radius 3 is 2.53 bits per heavy atom. The molecular formula is C14H23N5. The maximum absolute atomic E-state index is 5.41. The van der Waals surface area contributed by atoms with Crippen LogP contribution in [0.4, 0.5) is 11.6 Å². The number of hydrogen-bond donors (Lipinski definition) is 2. The molecule has 0 unspecified atom stereocenters. The van der Waals surface area contributed by atoms with Crippen LogP contribution in [-0.4, -0.2) is 42.1 Å². The number of rotatable bonds is 3. The number of piperazine rings is 1. The summed E-state index contributed by atoms with van der Waals surface area (Å²) in [7, 11) is 0. The summed E-state index contributed by atoms with van der Waals surface area (Å²) in [5, 5.41) is 0. The van der Waals surface area contributed by atoms with Gasteiger partial charge in [-0.3, -0.25) is 4.90 Å². The molecule has 1 saturated carbocycles. The number of pyridine rings is 1. The first-order chi connectivity index (χ1) is 9.36. The van der Waals surface area contributed by atoms with E-state index in [9.17, 15) is 0 Å². The van der Waals surface area contributed by atoms with Crippen molar-refractivity contribution >= 4 is 11.6 Å². The van der Waals surface area contributed by atoms with Gasteiger partial charge in [-0.25, -0.2) is 10.8 Å². The maximum atomic E-state index is 5.41. The van der Waals surface area contributed by atoms with E-state index in [0.29, 0.717) is 0 Å². The Morgan fingerprint density at radius 2 is 1.84 bits per heavy atom. The van der Waals surface area contributed by atoms with Crippen molar-refractivity contribution in [3.63, 3.8) is 0 Å². The van der Waals surface area contributed by atoms with Crippen molar-refractivity contribution in [1.29, 1.82) is 0 Å². The minimum absolute atomic E-state index is 0.732. The van der Waals surface area contributed by atoms with Crippen molar-refractivity contribution in [3.05, 3.63) is 18.2 Å². The normalized spacial score (nSPS) is 21.8. The van der Waals surface area contributed by atoms with E-state index < -0.39 is 0 Å². The molecule has 1 aliphatic heterocycles. The monoisotopic (exact) mass is 261 g/mol. The molecule has 1 saturated heterocycles. The molecule has 5 heteroatoms. The first-order valence-electron chi connectivity index (χ1n) is 7.29. The summed E-state index contributed by atoms with van der Waals surface area (Å²) in [6, 6.07) is 6.79. The molecule has 1 aromatic rings. The fourth-order valence-corrected chi connectivity index (χ4v) is 3.27. The summed E-state index contributed by atoms with van der Waals surface area (Å²) in [5.41, 5.74) is 2.61. The summed E-state index contributed by atoms with van der Waals surface area (Å²) in [4.78, 5) is 9.52. The zero-order valence-electron chi connectivity index (χ0n) is 11.4. The zero-order chi connectivity index (χ0) is 13.1. The summed E-state index contributed by atoms with van der Waals surface area (Å²) in [6.45, 7) is 4.45. The third-order valence-corrected chi connectivity index (χ3v) is 4.36. The van der Waals surface area contributed by atoms with Crippen LogP contribution in [0, 0.1) is 0 Å². The van der Waals surface area contributed by atoms with E-state index in [4.69, 9.17) is 5.84 Å². The van der Waals surface area contributed by atoms with Crippen LogP contribution in [0.15, 0.2) is 18.2 Å². The molecule has 104 valence electrons. The van der Waals surface area contributed by atoms with Gasteiger partial charge in [-0.05, 0) is 25.0 Å². The van der Waals surface area contributed by atoms with Crippen LogP contribution in [0.2, 0.25) is 0 Å². The van der Waals surface area contributed by atoms with E-state index >= 15 is 0 Å². The largest absolute Gasteiger partial charge is 0.354 e. The average molecular weight is 261 g/mol. The van der Waals surface area contributed by atoms with Crippen molar-refractivity contribution in [2.24, 2.45) is 5.84 Å². The molecule has 0 spiro atoms. The Labute approximate surface area is 114 Å². The van der Waals surface area contributed by atoms with Gasteiger partial charge in [0.05, 0.1) is 0 Å². The Balaban J connectivity index is 1.59. The highest BCUT2D eigenvalue weighted by atomic mass is 15.3. The summed E-state index contributed by atoms with van der Waals surface area (Å²) in [6.07, 6.45) is 5.61. The molecule has 0 bridgehead atoms. The summed E-state index contributed by atoms with van der Waals surface area (Å²) >= 11 is 0. The van der Waals surface area contributed by atoms with Crippen LogP contribution in [0.25, 0.3) is 0 Å². The number of anilines is 2.